The van der Waals surface area contributed by atoms with Crippen LogP contribution in [0.4, 0.5) is 0 Å². The summed E-state index contributed by atoms with van der Waals surface area (Å²) >= 11 is 3.55. The van der Waals surface area contributed by atoms with Gasteiger partial charge in [0.15, 0.2) is 0 Å². The van der Waals surface area contributed by atoms with Crippen LogP contribution >= 0.6 is 15.9 Å². The van der Waals surface area contributed by atoms with Gasteiger partial charge in [-0.2, -0.15) is 0 Å². The largest absolute Gasteiger partial charge is 0.350 e. The molecule has 1 aliphatic heterocycles. The highest BCUT2D eigenvalue weighted by atomic mass is 79.9. The predicted molar refractivity (Wildman–Crippen MR) is 80.0 cm³/mol. The fourth-order valence-corrected chi connectivity index (χ4v) is 3.32. The van der Waals surface area contributed by atoms with E-state index >= 15 is 0 Å². The van der Waals surface area contributed by atoms with Gasteiger partial charge in [0.05, 0.1) is 0 Å². The third kappa shape index (κ3) is 2.34. The summed E-state index contributed by atoms with van der Waals surface area (Å²) in [6.45, 7) is 1.18. The van der Waals surface area contributed by atoms with E-state index in [0.29, 0.717) is 6.04 Å². The molecule has 18 heavy (non-hydrogen) atoms. The van der Waals surface area contributed by atoms with Gasteiger partial charge in [-0.15, -0.1) is 0 Å². The van der Waals surface area contributed by atoms with E-state index in [1.807, 2.05) is 0 Å². The van der Waals surface area contributed by atoms with Crippen LogP contribution in [0.5, 0.6) is 0 Å². The molecule has 1 N–H and O–H groups in total. The Bertz CT molecular complexity index is 553. The molecular weight excluding hydrogens is 288 g/mol. The highest BCUT2D eigenvalue weighted by Crippen LogP contribution is 2.26. The molecule has 0 amide bonds. The first-order chi connectivity index (χ1) is 8.74. The van der Waals surface area contributed by atoms with E-state index < -0.39 is 0 Å². The van der Waals surface area contributed by atoms with Crippen LogP contribution in [0, 0.1) is 0 Å². The average Bonchev–Trinajstić information content (AvgIpc) is 2.67. The van der Waals surface area contributed by atoms with Gasteiger partial charge >= 0.3 is 0 Å². The highest BCUT2D eigenvalue weighted by molar-refractivity contribution is 9.10. The predicted octanol–water partition coefficient (Wildman–Crippen LogP) is 3.63. The first-order valence-corrected chi connectivity index (χ1v) is 7.50. The molecule has 1 atom stereocenters. The van der Waals surface area contributed by atoms with E-state index in [-0.39, 0.29) is 0 Å². The van der Waals surface area contributed by atoms with Crippen LogP contribution in [-0.2, 0) is 13.5 Å². The molecule has 0 radical (unpaired) electrons. The minimum atomic E-state index is 0.660. The number of nitrogens with one attached hydrogen (secondary N) is 1. The molecule has 1 fully saturated rings. The summed E-state index contributed by atoms with van der Waals surface area (Å²) < 4.78 is 3.39. The molecule has 1 saturated heterocycles. The van der Waals surface area contributed by atoms with Gasteiger partial charge in [0.1, 0.15) is 0 Å². The molecule has 1 aliphatic rings. The topological polar surface area (TPSA) is 17.0 Å². The zero-order valence-corrected chi connectivity index (χ0v) is 12.3. The number of fused-ring (bicyclic) bond motifs is 1. The van der Waals surface area contributed by atoms with Crippen LogP contribution in [-0.4, -0.2) is 17.2 Å². The van der Waals surface area contributed by atoms with E-state index in [1.54, 1.807) is 0 Å². The monoisotopic (exact) mass is 306 g/mol. The fourth-order valence-electron chi connectivity index (χ4n) is 2.97. The van der Waals surface area contributed by atoms with Gasteiger partial charge in [-0.05, 0) is 43.5 Å². The smallest absolute Gasteiger partial charge is 0.0491 e. The summed E-state index contributed by atoms with van der Waals surface area (Å²) in [6.07, 6.45) is 7.45. The van der Waals surface area contributed by atoms with Gasteiger partial charge in [0.2, 0.25) is 0 Å². The normalized spacial score (nSPS) is 20.4. The summed E-state index contributed by atoms with van der Waals surface area (Å²) in [5.74, 6) is 0. The molecule has 0 spiro atoms. The third-order valence-electron chi connectivity index (χ3n) is 3.91. The molecule has 3 rings (SSSR count). The van der Waals surface area contributed by atoms with Crippen LogP contribution in [0.2, 0.25) is 0 Å². The molecule has 2 heterocycles. The second-order valence-electron chi connectivity index (χ2n) is 5.28. The van der Waals surface area contributed by atoms with Gasteiger partial charge in [0, 0.05) is 34.7 Å². The van der Waals surface area contributed by atoms with Crippen LogP contribution in [0.1, 0.15) is 24.8 Å². The number of piperidine rings is 1. The number of rotatable bonds is 2. The van der Waals surface area contributed by atoms with Crippen molar-refractivity contribution in [1.82, 2.24) is 9.88 Å². The van der Waals surface area contributed by atoms with Crippen molar-refractivity contribution in [2.24, 2.45) is 7.05 Å². The molecule has 3 heteroatoms. The van der Waals surface area contributed by atoms with Gasteiger partial charge in [-0.1, -0.05) is 28.4 Å². The fraction of sp³-hybridized carbons (Fsp3) is 0.467. The summed E-state index contributed by atoms with van der Waals surface area (Å²) in [4.78, 5) is 0. The van der Waals surface area contributed by atoms with Crippen molar-refractivity contribution in [3.8, 4) is 0 Å². The Kier molecular flexibility index (Phi) is 3.44. The summed E-state index contributed by atoms with van der Waals surface area (Å²) in [5.41, 5.74) is 2.79. The molecule has 2 nitrogen and oxygen atoms in total. The van der Waals surface area contributed by atoms with Crippen molar-refractivity contribution in [1.29, 1.82) is 0 Å². The molecule has 1 aromatic heterocycles. The minimum Gasteiger partial charge on any atom is -0.350 e. The lowest BCUT2D eigenvalue weighted by atomic mass is 9.97. The highest BCUT2D eigenvalue weighted by Gasteiger charge is 2.15. The summed E-state index contributed by atoms with van der Waals surface area (Å²) in [5, 5.41) is 5.03. The Labute approximate surface area is 116 Å². The number of hydrogen-bond acceptors (Lipinski definition) is 1. The maximum absolute atomic E-state index is 3.63. The van der Waals surface area contributed by atoms with Crippen LogP contribution in [0.25, 0.3) is 10.9 Å². The molecular formula is C15H19BrN2. The Balaban J connectivity index is 1.91. The van der Waals surface area contributed by atoms with E-state index in [9.17, 15) is 0 Å². The zero-order valence-electron chi connectivity index (χ0n) is 10.7. The van der Waals surface area contributed by atoms with Crippen LogP contribution in [0.3, 0.4) is 0 Å². The van der Waals surface area contributed by atoms with Crippen molar-refractivity contribution in [2.45, 2.75) is 31.7 Å². The van der Waals surface area contributed by atoms with E-state index in [1.165, 1.54) is 42.3 Å². The standard InChI is InChI=1S/C15H19BrN2/c1-18-10-11(8-13-4-2-3-7-17-13)14-6-5-12(16)9-15(14)18/h5-6,9-10,13,17H,2-4,7-8H2,1H3. The van der Waals surface area contributed by atoms with Crippen LogP contribution < -0.4 is 5.32 Å². The molecule has 1 unspecified atom stereocenters. The second-order valence-corrected chi connectivity index (χ2v) is 6.19. The van der Waals surface area contributed by atoms with Crippen LogP contribution in [0.15, 0.2) is 28.9 Å². The molecule has 1 aromatic carbocycles. The zero-order chi connectivity index (χ0) is 12.5. The second kappa shape index (κ2) is 5.06. The lowest BCUT2D eigenvalue weighted by Crippen LogP contribution is -2.35. The molecule has 2 aromatic rings. The van der Waals surface area contributed by atoms with Gasteiger partial charge in [-0.25, -0.2) is 0 Å². The Morgan fingerprint density at radius 3 is 3.06 bits per heavy atom. The number of benzene rings is 1. The first-order valence-electron chi connectivity index (χ1n) is 6.71. The number of nitrogens with zero attached hydrogens (tertiary/aromatic N) is 1. The number of halogens is 1. The SMILES string of the molecule is Cn1cc(CC2CCCCN2)c2ccc(Br)cc21. The Morgan fingerprint density at radius 2 is 2.28 bits per heavy atom. The van der Waals surface area contributed by atoms with Crippen molar-refractivity contribution in [2.75, 3.05) is 6.54 Å². The molecule has 0 bridgehead atoms. The summed E-state index contributed by atoms with van der Waals surface area (Å²) in [6, 6.07) is 7.23. The molecule has 0 aliphatic carbocycles. The third-order valence-corrected chi connectivity index (χ3v) is 4.41. The van der Waals surface area contributed by atoms with Gasteiger partial charge < -0.3 is 9.88 Å². The summed E-state index contributed by atoms with van der Waals surface area (Å²) in [7, 11) is 2.13. The quantitative estimate of drug-likeness (QED) is 0.896. The van der Waals surface area contributed by atoms with Crippen molar-refractivity contribution in [3.05, 3.63) is 34.4 Å². The lowest BCUT2D eigenvalue weighted by Gasteiger charge is -2.23. The Hall–Kier alpha value is -0.800. The van der Waals surface area contributed by atoms with E-state index in [2.05, 4.69) is 57.3 Å². The van der Waals surface area contributed by atoms with Crippen molar-refractivity contribution in [3.63, 3.8) is 0 Å². The minimum absolute atomic E-state index is 0.660. The van der Waals surface area contributed by atoms with E-state index in [4.69, 9.17) is 0 Å². The van der Waals surface area contributed by atoms with Gasteiger partial charge in [0.25, 0.3) is 0 Å². The average molecular weight is 307 g/mol. The molecule has 0 saturated carbocycles. The first kappa shape index (κ1) is 12.2. The number of aryl methyl sites for hydroxylation is 1. The number of aromatic nitrogens is 1. The maximum atomic E-state index is 3.63. The maximum Gasteiger partial charge on any atom is 0.0491 e. The lowest BCUT2D eigenvalue weighted by molar-refractivity contribution is 0.400. The number of hydrogen-bond donors (Lipinski definition) is 1. The van der Waals surface area contributed by atoms with Gasteiger partial charge in [-0.3, -0.25) is 0 Å². The van der Waals surface area contributed by atoms with Crippen molar-refractivity contribution >= 4 is 26.8 Å². The Morgan fingerprint density at radius 1 is 1.39 bits per heavy atom. The van der Waals surface area contributed by atoms with E-state index in [0.717, 1.165) is 10.9 Å². The molecule has 96 valence electrons. The van der Waals surface area contributed by atoms with Crippen molar-refractivity contribution < 1.29 is 0 Å².